The smallest absolute Gasteiger partial charge is 0.0951 e. The van der Waals surface area contributed by atoms with E-state index in [1.54, 1.807) is 0 Å². The van der Waals surface area contributed by atoms with Crippen LogP contribution in [0.15, 0.2) is 12.5 Å². The van der Waals surface area contributed by atoms with Gasteiger partial charge in [-0.05, 0) is 46.7 Å². The second-order valence-electron chi connectivity index (χ2n) is 4.91. The van der Waals surface area contributed by atoms with Gasteiger partial charge in [-0.3, -0.25) is 0 Å². The Morgan fingerprint density at radius 2 is 2.12 bits per heavy atom. The molecule has 1 N–H and O–H groups in total. The maximum absolute atomic E-state index is 8.71. The Balaban J connectivity index is 2.34. The number of aliphatic hydroxyl groups excluding tert-OH is 1. The molecule has 0 aliphatic heterocycles. The van der Waals surface area contributed by atoms with Gasteiger partial charge in [-0.1, -0.05) is 0 Å². The molecule has 1 heterocycles. The van der Waals surface area contributed by atoms with Gasteiger partial charge in [-0.25, -0.2) is 4.98 Å². The van der Waals surface area contributed by atoms with Gasteiger partial charge < -0.3 is 14.6 Å². The molecule has 0 atom stereocenters. The number of nitrogens with zero attached hydrogens (tertiary/aromatic N) is 3. The van der Waals surface area contributed by atoms with Gasteiger partial charge in [0.1, 0.15) is 0 Å². The second kappa shape index (κ2) is 7.45. The van der Waals surface area contributed by atoms with Crippen LogP contribution in [0.5, 0.6) is 0 Å². The van der Waals surface area contributed by atoms with Crippen molar-refractivity contribution >= 4 is 0 Å². The minimum atomic E-state index is 0.309. The molecule has 1 aromatic heterocycles. The van der Waals surface area contributed by atoms with Gasteiger partial charge in [0.05, 0.1) is 12.0 Å². The molecule has 0 saturated heterocycles. The molecule has 0 bridgehead atoms. The molecular formula is C13H25N3O. The molecule has 98 valence electrons. The first-order chi connectivity index (χ1) is 8.15. The Bertz CT molecular complexity index is 309. The van der Waals surface area contributed by atoms with E-state index in [0.717, 1.165) is 32.4 Å². The lowest BCUT2D eigenvalue weighted by Crippen LogP contribution is -2.21. The zero-order chi connectivity index (χ0) is 12.7. The summed E-state index contributed by atoms with van der Waals surface area (Å²) >= 11 is 0. The van der Waals surface area contributed by atoms with Gasteiger partial charge in [0.2, 0.25) is 0 Å². The first-order valence-electron chi connectivity index (χ1n) is 6.45. The average molecular weight is 239 g/mol. The quantitative estimate of drug-likeness (QED) is 0.706. The molecule has 1 rings (SSSR count). The van der Waals surface area contributed by atoms with Crippen LogP contribution in [-0.2, 0) is 6.54 Å². The van der Waals surface area contributed by atoms with Crippen LogP contribution in [-0.4, -0.2) is 39.8 Å². The SMILES string of the molecule is CC(C)n1cncc1CN(C)CCCCCO. The zero-order valence-corrected chi connectivity index (χ0v) is 11.3. The average Bonchev–Trinajstić information content (AvgIpc) is 2.72. The minimum Gasteiger partial charge on any atom is -0.396 e. The van der Waals surface area contributed by atoms with Crippen molar-refractivity contribution in [3.63, 3.8) is 0 Å². The number of imidazole rings is 1. The first-order valence-corrected chi connectivity index (χ1v) is 6.45. The number of rotatable bonds is 8. The van der Waals surface area contributed by atoms with E-state index in [-0.39, 0.29) is 0 Å². The third kappa shape index (κ3) is 4.88. The molecule has 0 spiro atoms. The summed E-state index contributed by atoms with van der Waals surface area (Å²) in [5, 5.41) is 8.71. The van der Waals surface area contributed by atoms with Crippen LogP contribution >= 0.6 is 0 Å². The van der Waals surface area contributed by atoms with Crippen molar-refractivity contribution in [3.05, 3.63) is 18.2 Å². The van der Waals surface area contributed by atoms with Crippen molar-refractivity contribution in [3.8, 4) is 0 Å². The molecule has 1 aromatic rings. The van der Waals surface area contributed by atoms with Gasteiger partial charge in [0.15, 0.2) is 0 Å². The number of hydrogen-bond acceptors (Lipinski definition) is 3. The van der Waals surface area contributed by atoms with Crippen molar-refractivity contribution in [2.75, 3.05) is 20.2 Å². The Hall–Kier alpha value is -0.870. The predicted molar refractivity (Wildman–Crippen MR) is 69.9 cm³/mol. The molecule has 0 aliphatic carbocycles. The summed E-state index contributed by atoms with van der Waals surface area (Å²) in [7, 11) is 2.14. The summed E-state index contributed by atoms with van der Waals surface area (Å²) in [6.07, 6.45) is 7.01. The van der Waals surface area contributed by atoms with Crippen LogP contribution in [0.2, 0.25) is 0 Å². The fraction of sp³-hybridized carbons (Fsp3) is 0.769. The number of hydrogen-bond donors (Lipinski definition) is 1. The van der Waals surface area contributed by atoms with Crippen LogP contribution in [0, 0.1) is 0 Å². The second-order valence-corrected chi connectivity index (χ2v) is 4.91. The topological polar surface area (TPSA) is 41.3 Å². The molecule has 0 unspecified atom stereocenters. The van der Waals surface area contributed by atoms with Gasteiger partial charge >= 0.3 is 0 Å². The van der Waals surface area contributed by atoms with Crippen LogP contribution in [0.25, 0.3) is 0 Å². The highest BCUT2D eigenvalue weighted by molar-refractivity contribution is 4.99. The largest absolute Gasteiger partial charge is 0.396 e. The van der Waals surface area contributed by atoms with Crippen molar-refractivity contribution in [1.29, 1.82) is 0 Å². The summed E-state index contributed by atoms with van der Waals surface area (Å²) in [6.45, 7) is 6.67. The first kappa shape index (κ1) is 14.2. The van der Waals surface area contributed by atoms with Crippen LogP contribution in [0.3, 0.4) is 0 Å². The van der Waals surface area contributed by atoms with E-state index in [2.05, 4.69) is 35.3 Å². The van der Waals surface area contributed by atoms with Gasteiger partial charge in [-0.2, -0.15) is 0 Å². The molecule has 0 amide bonds. The number of unbranched alkanes of at least 4 members (excludes halogenated alkanes) is 2. The van der Waals surface area contributed by atoms with Crippen molar-refractivity contribution in [2.45, 2.75) is 45.7 Å². The fourth-order valence-corrected chi connectivity index (χ4v) is 1.95. The molecule has 0 aliphatic rings. The Labute approximate surface area is 104 Å². The molecule has 4 nitrogen and oxygen atoms in total. The van der Waals surface area contributed by atoms with Crippen molar-refractivity contribution in [1.82, 2.24) is 14.5 Å². The Morgan fingerprint density at radius 3 is 2.76 bits per heavy atom. The normalized spacial score (nSPS) is 11.6. The highest BCUT2D eigenvalue weighted by Gasteiger charge is 2.07. The monoisotopic (exact) mass is 239 g/mol. The maximum atomic E-state index is 8.71. The summed E-state index contributed by atoms with van der Waals surface area (Å²) in [6, 6.07) is 0.468. The standard InChI is InChI=1S/C13H25N3O/c1-12(2)16-11-14-9-13(16)10-15(3)7-5-4-6-8-17/h9,11-12,17H,4-8,10H2,1-3H3. The summed E-state index contributed by atoms with van der Waals surface area (Å²) in [4.78, 5) is 6.52. The van der Waals surface area contributed by atoms with E-state index in [1.165, 1.54) is 5.69 Å². The van der Waals surface area contributed by atoms with E-state index in [1.807, 2.05) is 12.5 Å². The van der Waals surface area contributed by atoms with Gasteiger partial charge in [-0.15, -0.1) is 0 Å². The van der Waals surface area contributed by atoms with Crippen molar-refractivity contribution < 1.29 is 5.11 Å². The zero-order valence-electron chi connectivity index (χ0n) is 11.3. The minimum absolute atomic E-state index is 0.309. The molecule has 0 fully saturated rings. The Morgan fingerprint density at radius 1 is 1.35 bits per heavy atom. The lowest BCUT2D eigenvalue weighted by Gasteiger charge is -2.19. The predicted octanol–water partition coefficient (Wildman–Crippen LogP) is 2.06. The highest BCUT2D eigenvalue weighted by atomic mass is 16.2. The van der Waals surface area contributed by atoms with Crippen molar-refractivity contribution in [2.24, 2.45) is 0 Å². The van der Waals surface area contributed by atoms with E-state index < -0.39 is 0 Å². The molecule has 0 radical (unpaired) electrons. The van der Waals surface area contributed by atoms with Crippen LogP contribution < -0.4 is 0 Å². The van der Waals surface area contributed by atoms with Gasteiger partial charge in [0.25, 0.3) is 0 Å². The molecule has 0 aromatic carbocycles. The lowest BCUT2D eigenvalue weighted by atomic mass is 10.2. The van der Waals surface area contributed by atoms with Crippen LogP contribution in [0.4, 0.5) is 0 Å². The fourth-order valence-electron chi connectivity index (χ4n) is 1.95. The van der Waals surface area contributed by atoms with Gasteiger partial charge in [0, 0.05) is 25.4 Å². The summed E-state index contributed by atoms with van der Waals surface area (Å²) in [5.41, 5.74) is 1.27. The van der Waals surface area contributed by atoms with E-state index >= 15 is 0 Å². The lowest BCUT2D eigenvalue weighted by molar-refractivity contribution is 0.269. The van der Waals surface area contributed by atoms with E-state index in [0.29, 0.717) is 12.6 Å². The maximum Gasteiger partial charge on any atom is 0.0951 e. The molecule has 0 saturated carbocycles. The Kier molecular flexibility index (Phi) is 6.22. The molecular weight excluding hydrogens is 214 g/mol. The summed E-state index contributed by atoms with van der Waals surface area (Å²) < 4.78 is 2.21. The highest BCUT2D eigenvalue weighted by Crippen LogP contribution is 2.11. The summed E-state index contributed by atoms with van der Waals surface area (Å²) in [5.74, 6) is 0. The van der Waals surface area contributed by atoms with E-state index in [4.69, 9.17) is 5.11 Å². The van der Waals surface area contributed by atoms with E-state index in [9.17, 15) is 0 Å². The number of aliphatic hydroxyl groups is 1. The molecule has 4 heteroatoms. The third-order valence-electron chi connectivity index (χ3n) is 2.93. The third-order valence-corrected chi connectivity index (χ3v) is 2.93. The number of aromatic nitrogens is 2. The van der Waals surface area contributed by atoms with Crippen LogP contribution in [0.1, 0.15) is 44.8 Å². The molecule has 17 heavy (non-hydrogen) atoms.